The van der Waals surface area contributed by atoms with E-state index in [4.69, 9.17) is 9.15 Å². The van der Waals surface area contributed by atoms with Crippen molar-refractivity contribution in [1.82, 2.24) is 9.88 Å². The second kappa shape index (κ2) is 6.55. The molecule has 2 heterocycles. The number of hydrogen-bond donors (Lipinski definition) is 0. The fraction of sp³-hybridized carbons (Fsp3) is 0.579. The Hall–Kier alpha value is -1.88. The Kier molecular flexibility index (Phi) is 4.27. The number of rotatable bonds is 3. The number of aromatic nitrogens is 1. The van der Waals surface area contributed by atoms with E-state index in [0.717, 1.165) is 37.0 Å². The topological polar surface area (TPSA) is 55.6 Å². The number of ether oxygens (including phenoxy) is 1. The summed E-state index contributed by atoms with van der Waals surface area (Å²) in [6.07, 6.45) is 7.83. The van der Waals surface area contributed by atoms with Crippen LogP contribution in [-0.4, -0.2) is 42.1 Å². The van der Waals surface area contributed by atoms with Gasteiger partial charge < -0.3 is 9.15 Å². The number of esters is 1. The van der Waals surface area contributed by atoms with E-state index in [1.165, 1.54) is 39.2 Å². The first-order chi connectivity index (χ1) is 11.8. The van der Waals surface area contributed by atoms with Crippen molar-refractivity contribution in [2.75, 3.05) is 20.2 Å². The van der Waals surface area contributed by atoms with Crippen LogP contribution in [0.1, 0.15) is 60.7 Å². The third-order valence-corrected chi connectivity index (χ3v) is 5.50. The molecule has 1 saturated carbocycles. The van der Waals surface area contributed by atoms with Crippen LogP contribution in [0.5, 0.6) is 0 Å². The zero-order chi connectivity index (χ0) is 16.5. The zero-order valence-electron chi connectivity index (χ0n) is 14.2. The van der Waals surface area contributed by atoms with Crippen LogP contribution in [-0.2, 0) is 4.74 Å². The standard InChI is InChI=1S/C19H24N2O3/c1-23-19(22)15-8-5-9-16-17(15)24-18(20-16)13-10-11-21(12-13)14-6-3-2-4-7-14/h5,8-9,13-14H,2-4,6-7,10-12H2,1H3. The van der Waals surface area contributed by atoms with Crippen molar-refractivity contribution >= 4 is 17.1 Å². The molecule has 0 radical (unpaired) electrons. The van der Waals surface area contributed by atoms with Gasteiger partial charge in [-0.3, -0.25) is 4.90 Å². The van der Waals surface area contributed by atoms with Crippen LogP contribution in [0.4, 0.5) is 0 Å². The molecule has 1 saturated heterocycles. The third-order valence-electron chi connectivity index (χ3n) is 5.50. The summed E-state index contributed by atoms with van der Waals surface area (Å²) in [4.78, 5) is 19.2. The molecular weight excluding hydrogens is 304 g/mol. The van der Waals surface area contributed by atoms with Gasteiger partial charge in [-0.05, 0) is 37.9 Å². The molecule has 1 aliphatic heterocycles. The largest absolute Gasteiger partial charge is 0.465 e. The van der Waals surface area contributed by atoms with Crippen LogP contribution in [0.3, 0.4) is 0 Å². The van der Waals surface area contributed by atoms with Crippen molar-refractivity contribution in [3.8, 4) is 0 Å². The SMILES string of the molecule is COC(=O)c1cccc2nc(C3CCN(C4CCCCC4)C3)oc12. The first-order valence-corrected chi connectivity index (χ1v) is 8.98. The van der Waals surface area contributed by atoms with E-state index in [1.807, 2.05) is 12.1 Å². The smallest absolute Gasteiger partial charge is 0.341 e. The molecule has 0 spiro atoms. The predicted molar refractivity (Wildman–Crippen MR) is 91.2 cm³/mol. The molecule has 1 aliphatic carbocycles. The van der Waals surface area contributed by atoms with Gasteiger partial charge in [0.1, 0.15) is 11.1 Å². The number of para-hydroxylation sites is 1. The normalized spacial score (nSPS) is 23.0. The van der Waals surface area contributed by atoms with Crippen LogP contribution in [0, 0.1) is 0 Å². The number of fused-ring (bicyclic) bond motifs is 1. The second-order valence-corrected chi connectivity index (χ2v) is 6.97. The molecule has 2 aromatic rings. The molecule has 128 valence electrons. The Morgan fingerprint density at radius 1 is 1.25 bits per heavy atom. The number of carbonyl (C=O) groups is 1. The highest BCUT2D eigenvalue weighted by Gasteiger charge is 2.32. The van der Waals surface area contributed by atoms with E-state index in [1.54, 1.807) is 6.07 Å². The maximum absolute atomic E-state index is 11.9. The summed E-state index contributed by atoms with van der Waals surface area (Å²) in [7, 11) is 1.39. The molecule has 1 unspecified atom stereocenters. The number of hydrogen-bond acceptors (Lipinski definition) is 5. The minimum atomic E-state index is -0.376. The van der Waals surface area contributed by atoms with Gasteiger partial charge in [0, 0.05) is 18.5 Å². The highest BCUT2D eigenvalue weighted by Crippen LogP contribution is 2.34. The van der Waals surface area contributed by atoms with E-state index >= 15 is 0 Å². The van der Waals surface area contributed by atoms with Gasteiger partial charge in [-0.15, -0.1) is 0 Å². The average molecular weight is 328 g/mol. The van der Waals surface area contributed by atoms with Gasteiger partial charge in [0.05, 0.1) is 7.11 Å². The molecule has 4 rings (SSSR count). The van der Waals surface area contributed by atoms with Gasteiger partial charge >= 0.3 is 5.97 Å². The first kappa shape index (κ1) is 15.6. The van der Waals surface area contributed by atoms with Crippen LogP contribution in [0.2, 0.25) is 0 Å². The molecule has 0 bridgehead atoms. The van der Waals surface area contributed by atoms with Crippen molar-refractivity contribution in [1.29, 1.82) is 0 Å². The molecule has 1 aromatic heterocycles. The lowest BCUT2D eigenvalue weighted by Crippen LogP contribution is -2.34. The fourth-order valence-electron chi connectivity index (χ4n) is 4.18. The van der Waals surface area contributed by atoms with Crippen molar-refractivity contribution in [2.45, 2.75) is 50.5 Å². The summed E-state index contributed by atoms with van der Waals surface area (Å²) in [5.41, 5.74) is 1.75. The summed E-state index contributed by atoms with van der Waals surface area (Å²) in [6.45, 7) is 2.14. The van der Waals surface area contributed by atoms with Crippen LogP contribution in [0.15, 0.2) is 22.6 Å². The Labute approximate surface area is 142 Å². The summed E-state index contributed by atoms with van der Waals surface area (Å²) in [5, 5.41) is 0. The van der Waals surface area contributed by atoms with Gasteiger partial charge in [0.25, 0.3) is 0 Å². The molecule has 5 nitrogen and oxygen atoms in total. The first-order valence-electron chi connectivity index (χ1n) is 8.98. The van der Waals surface area contributed by atoms with E-state index < -0.39 is 0 Å². The lowest BCUT2D eigenvalue weighted by Gasteiger charge is -2.30. The fourth-order valence-corrected chi connectivity index (χ4v) is 4.18. The monoisotopic (exact) mass is 328 g/mol. The van der Waals surface area contributed by atoms with Crippen LogP contribution in [0.25, 0.3) is 11.1 Å². The molecule has 24 heavy (non-hydrogen) atoms. The molecular formula is C19H24N2O3. The summed E-state index contributed by atoms with van der Waals surface area (Å²) in [5.74, 6) is 0.711. The highest BCUT2D eigenvalue weighted by molar-refractivity contribution is 6.00. The maximum atomic E-state index is 11.9. The lowest BCUT2D eigenvalue weighted by molar-refractivity contribution is 0.0601. The number of nitrogens with zero attached hydrogens (tertiary/aromatic N) is 2. The van der Waals surface area contributed by atoms with E-state index in [9.17, 15) is 4.79 Å². The minimum Gasteiger partial charge on any atom is -0.465 e. The number of benzene rings is 1. The summed E-state index contributed by atoms with van der Waals surface area (Å²) >= 11 is 0. The molecule has 1 atom stereocenters. The Bertz CT molecular complexity index is 733. The van der Waals surface area contributed by atoms with Gasteiger partial charge in [-0.2, -0.15) is 0 Å². The van der Waals surface area contributed by atoms with Crippen molar-refractivity contribution in [2.24, 2.45) is 0 Å². The third kappa shape index (κ3) is 2.81. The van der Waals surface area contributed by atoms with Crippen molar-refractivity contribution in [3.63, 3.8) is 0 Å². The molecule has 0 amide bonds. The van der Waals surface area contributed by atoms with Gasteiger partial charge in [0.2, 0.25) is 0 Å². The predicted octanol–water partition coefficient (Wildman–Crippen LogP) is 3.74. The molecule has 2 aliphatic rings. The van der Waals surface area contributed by atoms with Crippen molar-refractivity contribution < 1.29 is 13.9 Å². The molecule has 0 N–H and O–H groups in total. The molecule has 2 fully saturated rings. The highest BCUT2D eigenvalue weighted by atomic mass is 16.5. The van der Waals surface area contributed by atoms with E-state index in [-0.39, 0.29) is 5.97 Å². The van der Waals surface area contributed by atoms with E-state index in [0.29, 0.717) is 17.1 Å². The minimum absolute atomic E-state index is 0.324. The second-order valence-electron chi connectivity index (χ2n) is 6.97. The van der Waals surface area contributed by atoms with Crippen LogP contribution >= 0.6 is 0 Å². The van der Waals surface area contributed by atoms with Crippen molar-refractivity contribution in [3.05, 3.63) is 29.7 Å². The Morgan fingerprint density at radius 2 is 2.08 bits per heavy atom. The maximum Gasteiger partial charge on any atom is 0.341 e. The summed E-state index contributed by atoms with van der Waals surface area (Å²) in [6, 6.07) is 6.18. The molecule has 5 heteroatoms. The number of oxazole rings is 1. The lowest BCUT2D eigenvalue weighted by atomic mass is 9.94. The Morgan fingerprint density at radius 3 is 2.88 bits per heavy atom. The Balaban J connectivity index is 1.55. The zero-order valence-corrected chi connectivity index (χ0v) is 14.2. The molecule has 1 aromatic carbocycles. The quantitative estimate of drug-likeness (QED) is 0.804. The van der Waals surface area contributed by atoms with Gasteiger partial charge in [0.15, 0.2) is 11.5 Å². The number of likely N-dealkylation sites (tertiary alicyclic amines) is 1. The van der Waals surface area contributed by atoms with Gasteiger partial charge in [-0.25, -0.2) is 9.78 Å². The average Bonchev–Trinajstić information content (AvgIpc) is 3.28. The number of carbonyl (C=O) groups excluding carboxylic acids is 1. The van der Waals surface area contributed by atoms with E-state index in [2.05, 4.69) is 9.88 Å². The van der Waals surface area contributed by atoms with Crippen LogP contribution < -0.4 is 0 Å². The number of methoxy groups -OCH3 is 1. The van der Waals surface area contributed by atoms with Gasteiger partial charge in [-0.1, -0.05) is 25.3 Å². The summed E-state index contributed by atoms with van der Waals surface area (Å²) < 4.78 is 10.8.